The quantitative estimate of drug-likeness (QED) is 0.491. The van der Waals surface area contributed by atoms with Crippen molar-refractivity contribution in [2.45, 2.75) is 32.1 Å². The fourth-order valence-corrected chi connectivity index (χ4v) is 3.31. The summed E-state index contributed by atoms with van der Waals surface area (Å²) in [6, 6.07) is 28.2. The van der Waals surface area contributed by atoms with Crippen LogP contribution in [0.1, 0.15) is 59.2 Å². The molecule has 0 saturated carbocycles. The fraction of sp³-hybridized carbons (Fsp3) is 0.208. The van der Waals surface area contributed by atoms with Gasteiger partial charge in [-0.25, -0.2) is 0 Å². The van der Waals surface area contributed by atoms with Crippen LogP contribution in [-0.4, -0.2) is 5.78 Å². The molecule has 0 spiro atoms. The van der Waals surface area contributed by atoms with Crippen molar-refractivity contribution >= 4 is 5.78 Å². The number of carbonyl (C=O) groups excluding carboxylic acids is 1. The highest BCUT2D eigenvalue weighted by molar-refractivity contribution is 6.04. The Bertz CT molecular complexity index is 781. The van der Waals surface area contributed by atoms with E-state index in [0.29, 0.717) is 5.92 Å². The summed E-state index contributed by atoms with van der Waals surface area (Å²) in [4.78, 5) is 13.6. The Morgan fingerprint density at radius 3 is 1.76 bits per heavy atom. The van der Waals surface area contributed by atoms with Gasteiger partial charge in [-0.3, -0.25) is 4.79 Å². The number of hydrogen-bond acceptors (Lipinski definition) is 1. The van der Waals surface area contributed by atoms with Crippen molar-refractivity contribution in [1.82, 2.24) is 0 Å². The maximum absolute atomic E-state index is 13.6. The SMILES string of the molecule is CCC(C)c1ccccc1C(=O)C(c1ccccc1)c1ccccc1. The normalized spacial score (nSPS) is 12.1. The Labute approximate surface area is 150 Å². The van der Waals surface area contributed by atoms with Gasteiger partial charge < -0.3 is 0 Å². The molecular formula is C24H24O. The Morgan fingerprint density at radius 2 is 1.24 bits per heavy atom. The van der Waals surface area contributed by atoms with E-state index in [1.54, 1.807) is 0 Å². The number of Topliss-reactive ketones (excluding diaryl/α,β-unsaturated/α-hetero) is 1. The summed E-state index contributed by atoms with van der Waals surface area (Å²) in [5.41, 5.74) is 4.07. The molecule has 0 aliphatic rings. The first-order valence-corrected chi connectivity index (χ1v) is 8.95. The van der Waals surface area contributed by atoms with E-state index in [9.17, 15) is 4.79 Å². The van der Waals surface area contributed by atoms with Crippen molar-refractivity contribution in [1.29, 1.82) is 0 Å². The number of benzene rings is 3. The lowest BCUT2D eigenvalue weighted by atomic mass is 9.81. The number of rotatable bonds is 6. The highest BCUT2D eigenvalue weighted by Gasteiger charge is 2.26. The third kappa shape index (κ3) is 3.71. The molecule has 0 radical (unpaired) electrons. The van der Waals surface area contributed by atoms with E-state index in [-0.39, 0.29) is 11.7 Å². The van der Waals surface area contributed by atoms with Crippen LogP contribution in [0.25, 0.3) is 0 Å². The van der Waals surface area contributed by atoms with Gasteiger partial charge in [0.1, 0.15) is 0 Å². The zero-order valence-electron chi connectivity index (χ0n) is 14.9. The van der Waals surface area contributed by atoms with Gasteiger partial charge in [0.15, 0.2) is 5.78 Å². The topological polar surface area (TPSA) is 17.1 Å². The fourth-order valence-electron chi connectivity index (χ4n) is 3.31. The Hall–Kier alpha value is -2.67. The molecule has 25 heavy (non-hydrogen) atoms. The number of hydrogen-bond donors (Lipinski definition) is 0. The van der Waals surface area contributed by atoms with Gasteiger partial charge >= 0.3 is 0 Å². The van der Waals surface area contributed by atoms with Crippen LogP contribution in [-0.2, 0) is 0 Å². The second-order valence-corrected chi connectivity index (χ2v) is 6.52. The molecule has 1 nitrogen and oxygen atoms in total. The van der Waals surface area contributed by atoms with Gasteiger partial charge in [-0.15, -0.1) is 0 Å². The first-order valence-electron chi connectivity index (χ1n) is 8.95. The van der Waals surface area contributed by atoms with E-state index >= 15 is 0 Å². The lowest BCUT2D eigenvalue weighted by Gasteiger charge is -2.20. The predicted molar refractivity (Wildman–Crippen MR) is 104 cm³/mol. The summed E-state index contributed by atoms with van der Waals surface area (Å²) in [6.07, 6.45) is 1.02. The lowest BCUT2D eigenvalue weighted by Crippen LogP contribution is -2.17. The average Bonchev–Trinajstić information content (AvgIpc) is 2.69. The third-order valence-electron chi connectivity index (χ3n) is 4.90. The second-order valence-electron chi connectivity index (χ2n) is 6.52. The minimum atomic E-state index is -0.271. The maximum atomic E-state index is 13.6. The molecule has 126 valence electrons. The van der Waals surface area contributed by atoms with Crippen LogP contribution in [0.4, 0.5) is 0 Å². The molecule has 0 fully saturated rings. The minimum absolute atomic E-state index is 0.174. The van der Waals surface area contributed by atoms with Crippen LogP contribution in [0.2, 0.25) is 0 Å². The summed E-state index contributed by atoms with van der Waals surface area (Å²) in [7, 11) is 0. The largest absolute Gasteiger partial charge is 0.293 e. The standard InChI is InChI=1S/C24H24O/c1-3-18(2)21-16-10-11-17-22(21)24(25)23(19-12-6-4-7-13-19)20-14-8-5-9-15-20/h4-18,23H,3H2,1-2H3. The van der Waals surface area contributed by atoms with E-state index in [1.165, 1.54) is 0 Å². The molecule has 0 aliphatic heterocycles. The van der Waals surface area contributed by atoms with Gasteiger partial charge in [-0.1, -0.05) is 98.8 Å². The summed E-state index contributed by atoms with van der Waals surface area (Å²) in [6.45, 7) is 4.35. The maximum Gasteiger partial charge on any atom is 0.174 e. The van der Waals surface area contributed by atoms with Gasteiger partial charge in [-0.2, -0.15) is 0 Å². The van der Waals surface area contributed by atoms with Crippen LogP contribution in [0.5, 0.6) is 0 Å². The van der Waals surface area contributed by atoms with Crippen LogP contribution in [0, 0.1) is 0 Å². The van der Waals surface area contributed by atoms with Gasteiger partial charge in [0.25, 0.3) is 0 Å². The van der Waals surface area contributed by atoms with E-state index < -0.39 is 0 Å². The minimum Gasteiger partial charge on any atom is -0.293 e. The lowest BCUT2D eigenvalue weighted by molar-refractivity contribution is 0.0972. The monoisotopic (exact) mass is 328 g/mol. The van der Waals surface area contributed by atoms with Crippen LogP contribution < -0.4 is 0 Å². The Balaban J connectivity index is 2.11. The van der Waals surface area contributed by atoms with Crippen LogP contribution in [0.15, 0.2) is 84.9 Å². The molecule has 0 bridgehead atoms. The summed E-state index contributed by atoms with van der Waals surface area (Å²) >= 11 is 0. The van der Waals surface area contributed by atoms with Crippen molar-refractivity contribution in [3.8, 4) is 0 Å². The van der Waals surface area contributed by atoms with Gasteiger partial charge in [-0.05, 0) is 29.0 Å². The highest BCUT2D eigenvalue weighted by Crippen LogP contribution is 2.32. The predicted octanol–water partition coefficient (Wildman–Crippen LogP) is 6.21. The summed E-state index contributed by atoms with van der Waals surface area (Å²) < 4.78 is 0. The zero-order valence-corrected chi connectivity index (χ0v) is 14.9. The third-order valence-corrected chi connectivity index (χ3v) is 4.90. The smallest absolute Gasteiger partial charge is 0.174 e. The first-order chi connectivity index (χ1) is 12.2. The molecule has 3 rings (SSSR count). The molecular weight excluding hydrogens is 304 g/mol. The average molecular weight is 328 g/mol. The Kier molecular flexibility index (Phi) is 5.45. The number of ketones is 1. The molecule has 0 N–H and O–H groups in total. The summed E-state index contributed by atoms with van der Waals surface area (Å²) in [5.74, 6) is 0.272. The van der Waals surface area contributed by atoms with Gasteiger partial charge in [0.05, 0.1) is 5.92 Å². The first kappa shape index (κ1) is 17.2. The molecule has 0 heterocycles. The van der Waals surface area contributed by atoms with E-state index in [1.807, 2.05) is 78.9 Å². The van der Waals surface area contributed by atoms with Crippen molar-refractivity contribution in [2.24, 2.45) is 0 Å². The molecule has 1 unspecified atom stereocenters. The molecule has 3 aromatic carbocycles. The summed E-state index contributed by atoms with van der Waals surface area (Å²) in [5, 5.41) is 0. The zero-order chi connectivity index (χ0) is 17.6. The molecule has 3 aromatic rings. The molecule has 1 heteroatoms. The highest BCUT2D eigenvalue weighted by atomic mass is 16.1. The van der Waals surface area contributed by atoms with Crippen LogP contribution in [0.3, 0.4) is 0 Å². The molecule has 1 atom stereocenters. The molecule has 0 aromatic heterocycles. The van der Waals surface area contributed by atoms with E-state index in [0.717, 1.165) is 28.7 Å². The molecule has 0 aliphatic carbocycles. The van der Waals surface area contributed by atoms with E-state index in [2.05, 4.69) is 19.9 Å². The van der Waals surface area contributed by atoms with Crippen molar-refractivity contribution in [3.63, 3.8) is 0 Å². The number of carbonyl (C=O) groups is 1. The van der Waals surface area contributed by atoms with Crippen LogP contribution >= 0.6 is 0 Å². The molecule has 0 amide bonds. The van der Waals surface area contributed by atoms with Crippen molar-refractivity contribution < 1.29 is 4.79 Å². The Morgan fingerprint density at radius 1 is 0.760 bits per heavy atom. The van der Waals surface area contributed by atoms with Crippen molar-refractivity contribution in [2.75, 3.05) is 0 Å². The molecule has 0 saturated heterocycles. The second kappa shape index (κ2) is 7.94. The van der Waals surface area contributed by atoms with Gasteiger partial charge in [0.2, 0.25) is 0 Å². The van der Waals surface area contributed by atoms with Crippen molar-refractivity contribution in [3.05, 3.63) is 107 Å². The van der Waals surface area contributed by atoms with Gasteiger partial charge in [0, 0.05) is 5.56 Å². The van der Waals surface area contributed by atoms with E-state index in [4.69, 9.17) is 0 Å².